The molecule has 0 radical (unpaired) electrons. The van der Waals surface area contributed by atoms with E-state index >= 15 is 0 Å². The van der Waals surface area contributed by atoms with Crippen LogP contribution < -0.4 is 0 Å². The fourth-order valence-corrected chi connectivity index (χ4v) is 4.30. The molecule has 3 nitrogen and oxygen atoms in total. The smallest absolute Gasteiger partial charge is 0.311 e. The molecular formula is C17H23NO2. The highest BCUT2D eigenvalue weighted by Gasteiger charge is 2.55. The van der Waals surface area contributed by atoms with E-state index in [-0.39, 0.29) is 0 Å². The Labute approximate surface area is 120 Å². The van der Waals surface area contributed by atoms with E-state index in [2.05, 4.69) is 36.1 Å². The Kier molecular flexibility index (Phi) is 3.55. The maximum Gasteiger partial charge on any atom is 0.311 e. The standard InChI is InChI=1S/C17H23NO2/c1-2-15(13-7-4-3-5-8-13)18-11-14-9-6-10-17(14,12-18)16(19)20/h3-5,7-8,14-15H,2,6,9-12H2,1H3,(H,19,20)/t14-,15?,17+/m0/s1. The number of nitrogens with zero attached hydrogens (tertiary/aromatic N) is 1. The second kappa shape index (κ2) is 5.21. The number of benzene rings is 1. The number of carboxylic acids is 1. The fourth-order valence-electron chi connectivity index (χ4n) is 4.30. The van der Waals surface area contributed by atoms with Crippen LogP contribution in [0.4, 0.5) is 0 Å². The number of hydrogen-bond acceptors (Lipinski definition) is 2. The van der Waals surface area contributed by atoms with Crippen LogP contribution in [0.25, 0.3) is 0 Å². The van der Waals surface area contributed by atoms with E-state index in [0.717, 1.165) is 38.8 Å². The highest BCUT2D eigenvalue weighted by atomic mass is 16.4. The van der Waals surface area contributed by atoms with E-state index in [9.17, 15) is 9.90 Å². The lowest BCUT2D eigenvalue weighted by molar-refractivity contribution is -0.149. The first-order chi connectivity index (χ1) is 9.67. The van der Waals surface area contributed by atoms with Crippen molar-refractivity contribution in [2.45, 2.75) is 38.6 Å². The van der Waals surface area contributed by atoms with Crippen LogP contribution in [-0.4, -0.2) is 29.1 Å². The van der Waals surface area contributed by atoms with Crippen molar-refractivity contribution >= 4 is 5.97 Å². The lowest BCUT2D eigenvalue weighted by atomic mass is 9.81. The van der Waals surface area contributed by atoms with E-state index < -0.39 is 11.4 Å². The van der Waals surface area contributed by atoms with Crippen LogP contribution in [0.2, 0.25) is 0 Å². The molecule has 1 aliphatic carbocycles. The topological polar surface area (TPSA) is 40.5 Å². The van der Waals surface area contributed by atoms with E-state index in [1.165, 1.54) is 5.56 Å². The molecule has 0 bridgehead atoms. The summed E-state index contributed by atoms with van der Waals surface area (Å²) in [6, 6.07) is 10.9. The Morgan fingerprint density at radius 2 is 2.20 bits per heavy atom. The Morgan fingerprint density at radius 3 is 2.80 bits per heavy atom. The molecule has 1 aromatic rings. The van der Waals surface area contributed by atoms with Gasteiger partial charge in [-0.15, -0.1) is 0 Å². The molecule has 1 N–H and O–H groups in total. The van der Waals surface area contributed by atoms with Crippen molar-refractivity contribution in [3.8, 4) is 0 Å². The fraction of sp³-hybridized carbons (Fsp3) is 0.588. The zero-order chi connectivity index (χ0) is 14.2. The first-order valence-corrected chi connectivity index (χ1v) is 7.70. The van der Waals surface area contributed by atoms with Gasteiger partial charge >= 0.3 is 5.97 Å². The maximum absolute atomic E-state index is 11.8. The number of hydrogen-bond donors (Lipinski definition) is 1. The Morgan fingerprint density at radius 1 is 1.45 bits per heavy atom. The Hall–Kier alpha value is -1.35. The molecule has 20 heavy (non-hydrogen) atoms. The van der Waals surface area contributed by atoms with Gasteiger partial charge in [0, 0.05) is 19.1 Å². The average Bonchev–Trinajstić information content (AvgIpc) is 2.99. The van der Waals surface area contributed by atoms with Crippen LogP contribution in [0.3, 0.4) is 0 Å². The van der Waals surface area contributed by atoms with E-state index in [1.807, 2.05) is 6.07 Å². The molecule has 1 heterocycles. The van der Waals surface area contributed by atoms with Crippen LogP contribution in [-0.2, 0) is 4.79 Å². The highest BCUT2D eigenvalue weighted by molar-refractivity contribution is 5.76. The monoisotopic (exact) mass is 273 g/mol. The lowest BCUT2D eigenvalue weighted by Crippen LogP contribution is -2.36. The van der Waals surface area contributed by atoms with Crippen molar-refractivity contribution < 1.29 is 9.90 Å². The summed E-state index contributed by atoms with van der Waals surface area (Å²) in [4.78, 5) is 14.2. The summed E-state index contributed by atoms with van der Waals surface area (Å²) < 4.78 is 0. The van der Waals surface area contributed by atoms with Gasteiger partial charge in [-0.2, -0.15) is 0 Å². The minimum atomic E-state index is -0.578. The second-order valence-corrected chi connectivity index (χ2v) is 6.31. The van der Waals surface area contributed by atoms with Gasteiger partial charge in [0.1, 0.15) is 0 Å². The molecule has 108 valence electrons. The summed E-state index contributed by atoms with van der Waals surface area (Å²) in [6.07, 6.45) is 4.04. The van der Waals surface area contributed by atoms with Crippen LogP contribution >= 0.6 is 0 Å². The minimum absolute atomic E-state index is 0.345. The van der Waals surface area contributed by atoms with Gasteiger partial charge < -0.3 is 5.11 Å². The van der Waals surface area contributed by atoms with Crippen LogP contribution in [0.5, 0.6) is 0 Å². The summed E-state index contributed by atoms with van der Waals surface area (Å²) >= 11 is 0. The van der Waals surface area contributed by atoms with Crippen LogP contribution in [0, 0.1) is 11.3 Å². The number of carboxylic acid groups (broad SMARTS) is 1. The maximum atomic E-state index is 11.8. The third-order valence-corrected chi connectivity index (χ3v) is 5.33. The van der Waals surface area contributed by atoms with Gasteiger partial charge in [0.25, 0.3) is 0 Å². The molecule has 1 aliphatic heterocycles. The number of aliphatic carboxylic acids is 1. The van der Waals surface area contributed by atoms with Gasteiger partial charge in [0.15, 0.2) is 0 Å². The van der Waals surface area contributed by atoms with Crippen LogP contribution in [0.15, 0.2) is 30.3 Å². The van der Waals surface area contributed by atoms with Crippen LogP contribution in [0.1, 0.15) is 44.2 Å². The molecule has 1 unspecified atom stereocenters. The first-order valence-electron chi connectivity index (χ1n) is 7.70. The van der Waals surface area contributed by atoms with Crippen molar-refractivity contribution in [1.29, 1.82) is 0 Å². The molecule has 0 spiro atoms. The summed E-state index contributed by atoms with van der Waals surface area (Å²) in [5.41, 5.74) is 0.845. The molecular weight excluding hydrogens is 250 g/mol. The van der Waals surface area contributed by atoms with Crippen molar-refractivity contribution in [3.63, 3.8) is 0 Å². The van der Waals surface area contributed by atoms with Gasteiger partial charge in [-0.1, -0.05) is 43.7 Å². The molecule has 2 fully saturated rings. The molecule has 3 heteroatoms. The zero-order valence-electron chi connectivity index (χ0n) is 12.1. The summed E-state index contributed by atoms with van der Waals surface area (Å²) in [6.45, 7) is 3.86. The molecule has 1 aromatic carbocycles. The molecule has 1 saturated heterocycles. The largest absolute Gasteiger partial charge is 0.481 e. The third-order valence-electron chi connectivity index (χ3n) is 5.33. The number of rotatable bonds is 4. The van der Waals surface area contributed by atoms with Crippen molar-refractivity contribution in [1.82, 2.24) is 4.90 Å². The van der Waals surface area contributed by atoms with Crippen molar-refractivity contribution in [2.75, 3.05) is 13.1 Å². The molecule has 1 saturated carbocycles. The normalized spacial score (nSPS) is 31.1. The average molecular weight is 273 g/mol. The van der Waals surface area contributed by atoms with Crippen molar-refractivity contribution in [2.24, 2.45) is 11.3 Å². The van der Waals surface area contributed by atoms with Crippen molar-refractivity contribution in [3.05, 3.63) is 35.9 Å². The summed E-state index contributed by atoms with van der Waals surface area (Å²) in [7, 11) is 0. The lowest BCUT2D eigenvalue weighted by Gasteiger charge is -2.29. The van der Waals surface area contributed by atoms with Gasteiger partial charge in [-0.25, -0.2) is 0 Å². The second-order valence-electron chi connectivity index (χ2n) is 6.31. The van der Waals surface area contributed by atoms with Gasteiger partial charge in [-0.05, 0) is 30.7 Å². The zero-order valence-corrected chi connectivity index (χ0v) is 12.1. The molecule has 0 aromatic heterocycles. The van der Waals surface area contributed by atoms with E-state index in [4.69, 9.17) is 0 Å². The Balaban J connectivity index is 1.84. The molecule has 2 aliphatic rings. The molecule has 0 amide bonds. The minimum Gasteiger partial charge on any atom is -0.481 e. The third kappa shape index (κ3) is 2.05. The summed E-state index contributed by atoms with van der Waals surface area (Å²) in [5.74, 6) is -0.233. The van der Waals surface area contributed by atoms with Gasteiger partial charge in [0.2, 0.25) is 0 Å². The number of likely N-dealkylation sites (tertiary alicyclic amines) is 1. The predicted octanol–water partition coefficient (Wildman–Crippen LogP) is 3.32. The van der Waals surface area contributed by atoms with E-state index in [1.54, 1.807) is 0 Å². The van der Waals surface area contributed by atoms with Gasteiger partial charge in [0.05, 0.1) is 5.41 Å². The van der Waals surface area contributed by atoms with E-state index in [0.29, 0.717) is 12.0 Å². The highest BCUT2D eigenvalue weighted by Crippen LogP contribution is 2.51. The number of carbonyl (C=O) groups is 1. The summed E-state index contributed by atoms with van der Waals surface area (Å²) in [5, 5.41) is 9.69. The van der Waals surface area contributed by atoms with Gasteiger partial charge in [-0.3, -0.25) is 9.69 Å². The molecule has 3 atom stereocenters. The Bertz CT molecular complexity index is 487. The predicted molar refractivity (Wildman–Crippen MR) is 78.5 cm³/mol. The number of fused-ring (bicyclic) bond motifs is 1. The first kappa shape index (κ1) is 13.6. The quantitative estimate of drug-likeness (QED) is 0.914. The SMILES string of the molecule is CCC(c1ccccc1)N1C[C@@H]2CCC[C@@]2(C(=O)O)C1. The molecule has 3 rings (SSSR count).